The maximum Gasteiger partial charge on any atom is 0.410 e. The zero-order chi connectivity index (χ0) is 20.6. The third kappa shape index (κ3) is 4.22. The summed E-state index contributed by atoms with van der Waals surface area (Å²) in [5, 5.41) is -0.124. The number of ether oxygens (including phenoxy) is 1. The van der Waals surface area contributed by atoms with Gasteiger partial charge in [0, 0.05) is 25.3 Å². The molecule has 8 heteroatoms. The van der Waals surface area contributed by atoms with Gasteiger partial charge in [0.05, 0.1) is 17.2 Å². The molecule has 2 aliphatic rings. The van der Waals surface area contributed by atoms with Gasteiger partial charge in [-0.25, -0.2) is 4.79 Å². The standard InChI is InChI=1S/C20H24N2O5S/c1-12(23)28-14-9-13(21(11-14)19(26)27-20(2,3)4)10-22-17(24)15-7-5-6-8-16(15)18(22)25/h5-8,13-14H,9-11H2,1-4H3/t13-,14-/m0/s1. The van der Waals surface area contributed by atoms with Crippen LogP contribution in [0.15, 0.2) is 24.3 Å². The predicted molar refractivity (Wildman–Crippen MR) is 105 cm³/mol. The average Bonchev–Trinajstić information content (AvgIpc) is 3.08. The number of nitrogens with zero attached hydrogens (tertiary/aromatic N) is 2. The van der Waals surface area contributed by atoms with Crippen LogP contribution in [0.3, 0.4) is 0 Å². The molecule has 0 saturated carbocycles. The Hall–Kier alpha value is -2.35. The molecule has 1 aromatic carbocycles. The number of carbonyl (C=O) groups is 4. The maximum atomic E-state index is 12.7. The summed E-state index contributed by atoms with van der Waals surface area (Å²) < 4.78 is 5.49. The molecule has 28 heavy (non-hydrogen) atoms. The lowest BCUT2D eigenvalue weighted by Gasteiger charge is -2.30. The Labute approximate surface area is 168 Å². The third-order valence-corrected chi connectivity index (χ3v) is 5.61. The summed E-state index contributed by atoms with van der Waals surface area (Å²) >= 11 is 1.18. The summed E-state index contributed by atoms with van der Waals surface area (Å²) in [7, 11) is 0. The van der Waals surface area contributed by atoms with Gasteiger partial charge in [0.15, 0.2) is 5.12 Å². The number of fused-ring (bicyclic) bond motifs is 1. The van der Waals surface area contributed by atoms with Crippen LogP contribution in [-0.2, 0) is 9.53 Å². The fourth-order valence-corrected chi connectivity index (χ4v) is 4.55. The maximum absolute atomic E-state index is 12.7. The minimum absolute atomic E-state index is 0.0319. The van der Waals surface area contributed by atoms with Gasteiger partial charge in [0.25, 0.3) is 11.8 Å². The van der Waals surface area contributed by atoms with Gasteiger partial charge in [0.2, 0.25) is 0 Å². The topological polar surface area (TPSA) is 84.0 Å². The smallest absolute Gasteiger partial charge is 0.410 e. The highest BCUT2D eigenvalue weighted by Crippen LogP contribution is 2.32. The van der Waals surface area contributed by atoms with Crippen LogP contribution < -0.4 is 0 Å². The molecular formula is C20H24N2O5S. The van der Waals surface area contributed by atoms with Crippen LogP contribution in [0.25, 0.3) is 0 Å². The molecule has 2 atom stereocenters. The molecule has 7 nitrogen and oxygen atoms in total. The zero-order valence-corrected chi connectivity index (χ0v) is 17.2. The van der Waals surface area contributed by atoms with E-state index in [0.29, 0.717) is 24.1 Å². The highest BCUT2D eigenvalue weighted by Gasteiger charge is 2.43. The van der Waals surface area contributed by atoms with Crippen molar-refractivity contribution in [3.63, 3.8) is 0 Å². The van der Waals surface area contributed by atoms with Crippen LogP contribution >= 0.6 is 11.8 Å². The van der Waals surface area contributed by atoms with E-state index in [4.69, 9.17) is 4.74 Å². The van der Waals surface area contributed by atoms with Gasteiger partial charge in [0.1, 0.15) is 5.60 Å². The van der Waals surface area contributed by atoms with Crippen molar-refractivity contribution in [3.8, 4) is 0 Å². The molecule has 0 radical (unpaired) electrons. The van der Waals surface area contributed by atoms with E-state index in [9.17, 15) is 19.2 Å². The van der Waals surface area contributed by atoms with Crippen LogP contribution in [-0.4, -0.2) is 62.8 Å². The first-order valence-corrected chi connectivity index (χ1v) is 10.1. The molecule has 3 amide bonds. The highest BCUT2D eigenvalue weighted by atomic mass is 32.2. The van der Waals surface area contributed by atoms with E-state index in [-0.39, 0.29) is 28.7 Å². The minimum Gasteiger partial charge on any atom is -0.444 e. The highest BCUT2D eigenvalue weighted by molar-refractivity contribution is 8.14. The van der Waals surface area contributed by atoms with E-state index in [1.807, 2.05) is 0 Å². The van der Waals surface area contributed by atoms with Crippen molar-refractivity contribution in [1.82, 2.24) is 9.80 Å². The second-order valence-corrected chi connectivity index (χ2v) is 9.50. The van der Waals surface area contributed by atoms with Crippen molar-refractivity contribution in [2.45, 2.75) is 51.0 Å². The third-order valence-electron chi connectivity index (χ3n) is 4.61. The van der Waals surface area contributed by atoms with Crippen molar-refractivity contribution in [1.29, 1.82) is 0 Å². The number of hydrogen-bond donors (Lipinski definition) is 0. The van der Waals surface area contributed by atoms with Gasteiger partial charge in [-0.05, 0) is 39.3 Å². The Kier molecular flexibility index (Phi) is 5.52. The summed E-state index contributed by atoms with van der Waals surface area (Å²) in [6.45, 7) is 7.25. The van der Waals surface area contributed by atoms with Crippen molar-refractivity contribution < 1.29 is 23.9 Å². The summed E-state index contributed by atoms with van der Waals surface area (Å²) in [6.07, 6.45) is 0.0115. The summed E-state index contributed by atoms with van der Waals surface area (Å²) in [5.74, 6) is -0.709. The Morgan fingerprint density at radius 3 is 2.21 bits per heavy atom. The van der Waals surface area contributed by atoms with E-state index in [1.165, 1.54) is 28.5 Å². The van der Waals surface area contributed by atoms with Crippen LogP contribution in [0.2, 0.25) is 0 Å². The van der Waals surface area contributed by atoms with Gasteiger partial charge < -0.3 is 9.64 Å². The Bertz CT molecular complexity index is 797. The molecule has 0 N–H and O–H groups in total. The van der Waals surface area contributed by atoms with Crippen molar-refractivity contribution in [3.05, 3.63) is 35.4 Å². The van der Waals surface area contributed by atoms with E-state index in [0.717, 1.165) is 0 Å². The molecular weight excluding hydrogens is 380 g/mol. The molecule has 3 rings (SSSR count). The van der Waals surface area contributed by atoms with Crippen LogP contribution in [0.1, 0.15) is 54.8 Å². The van der Waals surface area contributed by atoms with Crippen molar-refractivity contribution >= 4 is 34.8 Å². The van der Waals surface area contributed by atoms with Gasteiger partial charge in [-0.2, -0.15) is 0 Å². The first kappa shape index (κ1) is 20.4. The number of thioether (sulfide) groups is 1. The Balaban J connectivity index is 1.79. The summed E-state index contributed by atoms with van der Waals surface area (Å²) in [5.41, 5.74) is 0.0936. The fraction of sp³-hybridized carbons (Fsp3) is 0.500. The average molecular weight is 404 g/mol. The van der Waals surface area contributed by atoms with Crippen LogP contribution in [0.4, 0.5) is 4.79 Å². The van der Waals surface area contributed by atoms with Gasteiger partial charge in [-0.1, -0.05) is 23.9 Å². The lowest BCUT2D eigenvalue weighted by Crippen LogP contribution is -2.46. The quantitative estimate of drug-likeness (QED) is 0.720. The number of rotatable bonds is 3. The summed E-state index contributed by atoms with van der Waals surface area (Å²) in [6, 6.07) is 6.30. The first-order chi connectivity index (χ1) is 13.1. The SMILES string of the molecule is CC(=O)S[C@H]1C[C@@H](CN2C(=O)c3ccccc3C2=O)N(C(=O)OC(C)(C)C)C1. The van der Waals surface area contributed by atoms with E-state index < -0.39 is 17.7 Å². The Morgan fingerprint density at radius 2 is 1.71 bits per heavy atom. The molecule has 0 unspecified atom stereocenters. The summed E-state index contributed by atoms with van der Waals surface area (Å²) in [4.78, 5) is 52.3. The molecule has 1 aromatic rings. The number of carbonyl (C=O) groups excluding carboxylic acids is 4. The van der Waals surface area contributed by atoms with Crippen LogP contribution in [0.5, 0.6) is 0 Å². The molecule has 1 fully saturated rings. The molecule has 0 spiro atoms. The number of likely N-dealkylation sites (tertiary alicyclic amines) is 1. The fourth-order valence-electron chi connectivity index (χ4n) is 3.53. The minimum atomic E-state index is -0.664. The van der Waals surface area contributed by atoms with Crippen molar-refractivity contribution in [2.24, 2.45) is 0 Å². The Morgan fingerprint density at radius 1 is 1.14 bits per heavy atom. The molecule has 0 aromatic heterocycles. The predicted octanol–water partition coefficient (Wildman–Crippen LogP) is 2.94. The first-order valence-electron chi connectivity index (χ1n) is 9.19. The number of benzene rings is 1. The molecule has 1 saturated heterocycles. The van der Waals surface area contributed by atoms with E-state index in [2.05, 4.69) is 0 Å². The lowest BCUT2D eigenvalue weighted by molar-refractivity contribution is -0.109. The second-order valence-electron chi connectivity index (χ2n) is 8.02. The molecule has 150 valence electrons. The molecule has 2 aliphatic heterocycles. The number of amides is 3. The van der Waals surface area contributed by atoms with Gasteiger partial charge in [-0.15, -0.1) is 0 Å². The monoisotopic (exact) mass is 404 g/mol. The van der Waals surface area contributed by atoms with Gasteiger partial charge >= 0.3 is 6.09 Å². The van der Waals surface area contributed by atoms with E-state index in [1.54, 1.807) is 45.0 Å². The zero-order valence-electron chi connectivity index (χ0n) is 16.4. The molecule has 2 heterocycles. The number of hydrogen-bond acceptors (Lipinski definition) is 6. The largest absolute Gasteiger partial charge is 0.444 e. The molecule has 0 aliphatic carbocycles. The number of imide groups is 1. The van der Waals surface area contributed by atoms with Crippen LogP contribution in [0, 0.1) is 0 Å². The normalized spacial score (nSPS) is 21.9. The van der Waals surface area contributed by atoms with Gasteiger partial charge in [-0.3, -0.25) is 19.3 Å². The molecule has 0 bridgehead atoms. The van der Waals surface area contributed by atoms with Crippen molar-refractivity contribution in [2.75, 3.05) is 13.1 Å². The lowest BCUT2D eigenvalue weighted by atomic mass is 10.1. The second kappa shape index (κ2) is 7.58. The van der Waals surface area contributed by atoms with E-state index >= 15 is 0 Å².